The van der Waals surface area contributed by atoms with Crippen molar-refractivity contribution < 1.29 is 14.2 Å². The van der Waals surface area contributed by atoms with Crippen LogP contribution in [-0.2, 0) is 0 Å². The molecule has 6 heteroatoms. The maximum atomic E-state index is 6.09. The molecule has 0 unspecified atom stereocenters. The van der Waals surface area contributed by atoms with Gasteiger partial charge in [0.25, 0.3) is 0 Å². The van der Waals surface area contributed by atoms with Gasteiger partial charge in [-0.3, -0.25) is 0 Å². The predicted octanol–water partition coefficient (Wildman–Crippen LogP) is 6.72. The standard InChI is InChI=1S/C24H25Cl2NO3/c25-19-8-13-24(23(26)18-19)30-15-5-4-14-27-20-9-11-22(12-10-20)29-17-16-28-21-6-2-1-3-7-21/h1-3,6-13,18,27H,4-5,14-17H2. The van der Waals surface area contributed by atoms with Crippen molar-refractivity contribution in [2.75, 3.05) is 31.7 Å². The van der Waals surface area contributed by atoms with Crippen LogP contribution in [0.15, 0.2) is 72.8 Å². The first-order valence-electron chi connectivity index (χ1n) is 9.93. The van der Waals surface area contributed by atoms with Gasteiger partial charge in [0.05, 0.1) is 11.6 Å². The number of halogens is 2. The monoisotopic (exact) mass is 445 g/mol. The van der Waals surface area contributed by atoms with E-state index in [9.17, 15) is 0 Å². The predicted molar refractivity (Wildman–Crippen MR) is 124 cm³/mol. The lowest BCUT2D eigenvalue weighted by atomic mass is 10.2. The van der Waals surface area contributed by atoms with Crippen LogP contribution in [0.3, 0.4) is 0 Å². The van der Waals surface area contributed by atoms with Crippen molar-refractivity contribution in [3.05, 3.63) is 82.8 Å². The zero-order valence-corrected chi connectivity index (χ0v) is 18.2. The van der Waals surface area contributed by atoms with E-state index in [2.05, 4.69) is 5.32 Å². The van der Waals surface area contributed by atoms with Crippen molar-refractivity contribution in [2.24, 2.45) is 0 Å². The molecule has 1 N–H and O–H groups in total. The minimum absolute atomic E-state index is 0.499. The summed E-state index contributed by atoms with van der Waals surface area (Å²) in [7, 11) is 0. The zero-order chi connectivity index (χ0) is 21.0. The maximum absolute atomic E-state index is 6.09. The summed E-state index contributed by atoms with van der Waals surface area (Å²) < 4.78 is 17.0. The van der Waals surface area contributed by atoms with E-state index in [0.717, 1.165) is 36.6 Å². The van der Waals surface area contributed by atoms with Gasteiger partial charge in [0.2, 0.25) is 0 Å². The Morgan fingerprint density at radius 2 is 1.37 bits per heavy atom. The number of para-hydroxylation sites is 1. The van der Waals surface area contributed by atoms with Gasteiger partial charge < -0.3 is 19.5 Å². The number of anilines is 1. The molecule has 0 saturated carbocycles. The lowest BCUT2D eigenvalue weighted by Gasteiger charge is -2.11. The third kappa shape index (κ3) is 7.69. The van der Waals surface area contributed by atoms with Gasteiger partial charge in [0.1, 0.15) is 30.5 Å². The van der Waals surface area contributed by atoms with Crippen molar-refractivity contribution >= 4 is 28.9 Å². The number of hydrogen-bond donors (Lipinski definition) is 1. The molecule has 0 spiro atoms. The fraction of sp³-hybridized carbons (Fsp3) is 0.250. The highest BCUT2D eigenvalue weighted by atomic mass is 35.5. The van der Waals surface area contributed by atoms with Crippen LogP contribution in [-0.4, -0.2) is 26.4 Å². The van der Waals surface area contributed by atoms with Crippen LogP contribution in [0.2, 0.25) is 10.0 Å². The molecule has 4 nitrogen and oxygen atoms in total. The largest absolute Gasteiger partial charge is 0.492 e. The van der Waals surface area contributed by atoms with Crippen molar-refractivity contribution in [2.45, 2.75) is 12.8 Å². The number of hydrogen-bond acceptors (Lipinski definition) is 4. The van der Waals surface area contributed by atoms with Gasteiger partial charge in [0, 0.05) is 17.3 Å². The molecule has 3 aromatic carbocycles. The lowest BCUT2D eigenvalue weighted by molar-refractivity contribution is 0.217. The first-order chi connectivity index (χ1) is 14.7. The molecule has 0 amide bonds. The van der Waals surface area contributed by atoms with Gasteiger partial charge in [-0.25, -0.2) is 0 Å². The summed E-state index contributed by atoms with van der Waals surface area (Å²) in [5.41, 5.74) is 1.06. The molecule has 0 radical (unpaired) electrons. The summed E-state index contributed by atoms with van der Waals surface area (Å²) in [5.74, 6) is 2.34. The molecule has 158 valence electrons. The number of rotatable bonds is 12. The number of unbranched alkanes of at least 4 members (excludes halogenated alkanes) is 1. The smallest absolute Gasteiger partial charge is 0.137 e. The van der Waals surface area contributed by atoms with Gasteiger partial charge >= 0.3 is 0 Å². The Morgan fingerprint density at radius 1 is 0.667 bits per heavy atom. The molecule has 30 heavy (non-hydrogen) atoms. The van der Waals surface area contributed by atoms with Gasteiger partial charge in [-0.05, 0) is 67.4 Å². The highest BCUT2D eigenvalue weighted by Gasteiger charge is 2.02. The molecule has 3 rings (SSSR count). The Bertz CT molecular complexity index is 889. The molecule has 0 saturated heterocycles. The van der Waals surface area contributed by atoms with Gasteiger partial charge in [-0.2, -0.15) is 0 Å². The SMILES string of the molecule is Clc1ccc(OCCCCNc2ccc(OCCOc3ccccc3)cc2)c(Cl)c1. The molecular weight excluding hydrogens is 421 g/mol. The average Bonchev–Trinajstić information content (AvgIpc) is 2.76. The van der Waals surface area contributed by atoms with Crippen LogP contribution in [0.5, 0.6) is 17.2 Å². The summed E-state index contributed by atoms with van der Waals surface area (Å²) in [6, 6.07) is 22.9. The number of benzene rings is 3. The third-order valence-corrected chi connectivity index (χ3v) is 4.80. The zero-order valence-electron chi connectivity index (χ0n) is 16.7. The Labute approximate surface area is 187 Å². The van der Waals surface area contributed by atoms with E-state index in [4.69, 9.17) is 37.4 Å². The molecule has 0 bridgehead atoms. The Balaban J connectivity index is 1.26. The molecule has 0 heterocycles. The third-order valence-electron chi connectivity index (χ3n) is 4.27. The van der Waals surface area contributed by atoms with Crippen LogP contribution >= 0.6 is 23.2 Å². The second-order valence-electron chi connectivity index (χ2n) is 6.59. The summed E-state index contributed by atoms with van der Waals surface area (Å²) in [6.07, 6.45) is 1.91. The van der Waals surface area contributed by atoms with E-state index >= 15 is 0 Å². The highest BCUT2D eigenvalue weighted by molar-refractivity contribution is 6.35. The van der Waals surface area contributed by atoms with Crippen LogP contribution in [0.4, 0.5) is 5.69 Å². The van der Waals surface area contributed by atoms with E-state index in [1.54, 1.807) is 18.2 Å². The van der Waals surface area contributed by atoms with Gasteiger partial charge in [0.15, 0.2) is 0 Å². The molecular formula is C24H25Cl2NO3. The summed E-state index contributed by atoms with van der Waals surface area (Å²) >= 11 is 12.0. The molecule has 0 aliphatic carbocycles. The highest BCUT2D eigenvalue weighted by Crippen LogP contribution is 2.27. The summed E-state index contributed by atoms with van der Waals surface area (Å²) in [5, 5.41) is 4.54. The summed E-state index contributed by atoms with van der Waals surface area (Å²) in [4.78, 5) is 0. The first kappa shape index (κ1) is 22.1. The Morgan fingerprint density at radius 3 is 2.07 bits per heavy atom. The van der Waals surface area contributed by atoms with Crippen LogP contribution < -0.4 is 19.5 Å². The van der Waals surface area contributed by atoms with Crippen LogP contribution in [0.1, 0.15) is 12.8 Å². The van der Waals surface area contributed by atoms with Crippen molar-refractivity contribution in [3.8, 4) is 17.2 Å². The van der Waals surface area contributed by atoms with E-state index in [1.807, 2.05) is 54.6 Å². The second-order valence-corrected chi connectivity index (χ2v) is 7.44. The van der Waals surface area contributed by atoms with E-state index in [-0.39, 0.29) is 0 Å². The summed E-state index contributed by atoms with van der Waals surface area (Å²) in [6.45, 7) is 2.48. The number of nitrogens with one attached hydrogen (secondary N) is 1. The van der Waals surface area contributed by atoms with E-state index < -0.39 is 0 Å². The van der Waals surface area contributed by atoms with Gasteiger partial charge in [-0.15, -0.1) is 0 Å². The fourth-order valence-electron chi connectivity index (χ4n) is 2.74. The molecule has 3 aromatic rings. The molecule has 0 fully saturated rings. The van der Waals surface area contributed by atoms with Gasteiger partial charge in [-0.1, -0.05) is 41.4 Å². The molecule has 0 atom stereocenters. The van der Waals surface area contributed by atoms with Crippen LogP contribution in [0, 0.1) is 0 Å². The van der Waals surface area contributed by atoms with Crippen molar-refractivity contribution in [1.82, 2.24) is 0 Å². The van der Waals surface area contributed by atoms with Crippen molar-refractivity contribution in [3.63, 3.8) is 0 Å². The first-order valence-corrected chi connectivity index (χ1v) is 10.7. The minimum atomic E-state index is 0.499. The quantitative estimate of drug-likeness (QED) is 0.314. The number of ether oxygens (including phenoxy) is 3. The molecule has 0 aromatic heterocycles. The normalized spacial score (nSPS) is 10.5. The molecule has 0 aliphatic heterocycles. The minimum Gasteiger partial charge on any atom is -0.492 e. The molecule has 0 aliphatic rings. The van der Waals surface area contributed by atoms with Crippen molar-refractivity contribution in [1.29, 1.82) is 0 Å². The average molecular weight is 446 g/mol. The van der Waals surface area contributed by atoms with E-state index in [1.165, 1.54) is 0 Å². The lowest BCUT2D eigenvalue weighted by Crippen LogP contribution is -2.09. The Hall–Kier alpha value is -2.56. The van der Waals surface area contributed by atoms with E-state index in [0.29, 0.717) is 35.6 Å². The van der Waals surface area contributed by atoms with Crippen LogP contribution in [0.25, 0.3) is 0 Å². The maximum Gasteiger partial charge on any atom is 0.137 e. The Kier molecular flexibility index (Phi) is 9.01. The topological polar surface area (TPSA) is 39.7 Å². The fourth-order valence-corrected chi connectivity index (χ4v) is 3.20. The second kappa shape index (κ2) is 12.2.